The predicted molar refractivity (Wildman–Crippen MR) is 112 cm³/mol. The van der Waals surface area contributed by atoms with Gasteiger partial charge in [0.05, 0.1) is 10.7 Å². The van der Waals surface area contributed by atoms with Crippen LogP contribution in [0.15, 0.2) is 89.1 Å². The second kappa shape index (κ2) is 9.77. The van der Waals surface area contributed by atoms with Crippen molar-refractivity contribution in [3.05, 3.63) is 75.4 Å². The molecule has 8 heteroatoms. The van der Waals surface area contributed by atoms with E-state index in [1.807, 2.05) is 48.5 Å². The number of hydrogen-bond acceptors (Lipinski definition) is 5. The van der Waals surface area contributed by atoms with Gasteiger partial charge in [0.25, 0.3) is 5.91 Å². The van der Waals surface area contributed by atoms with Gasteiger partial charge in [-0.1, -0.05) is 45.9 Å². The zero-order valence-electron chi connectivity index (χ0n) is 13.9. The lowest BCUT2D eigenvalue weighted by Crippen LogP contribution is -2.24. The third-order valence-electron chi connectivity index (χ3n) is 3.20. The molecule has 5 nitrogen and oxygen atoms in total. The normalized spacial score (nSPS) is 10.9. The molecule has 27 heavy (non-hydrogen) atoms. The second-order valence-corrected chi connectivity index (χ2v) is 8.08. The Morgan fingerprint density at radius 3 is 2.74 bits per heavy atom. The van der Waals surface area contributed by atoms with Crippen molar-refractivity contribution >= 4 is 55.7 Å². The summed E-state index contributed by atoms with van der Waals surface area (Å²) in [6.07, 6.45) is 1.45. The van der Waals surface area contributed by atoms with Crippen LogP contribution in [0.1, 0.15) is 5.76 Å². The van der Waals surface area contributed by atoms with Crippen LogP contribution in [0.3, 0.4) is 0 Å². The standard InChI is InChI=1S/C19H14Br2N2O3S/c20-13-6-8-17(16(21)10-13)25-12-18(24)23-22-11-14-7-9-19(26-14)27-15-4-2-1-3-5-15/h1-11H,12H2,(H,23,24)/b22-11+. The van der Waals surface area contributed by atoms with E-state index in [0.717, 1.165) is 18.9 Å². The molecule has 1 N–H and O–H groups in total. The van der Waals surface area contributed by atoms with Gasteiger partial charge in [0.2, 0.25) is 0 Å². The van der Waals surface area contributed by atoms with Gasteiger partial charge >= 0.3 is 0 Å². The van der Waals surface area contributed by atoms with E-state index in [2.05, 4.69) is 42.4 Å². The molecule has 0 saturated heterocycles. The average Bonchev–Trinajstić information content (AvgIpc) is 3.09. The van der Waals surface area contributed by atoms with Gasteiger partial charge < -0.3 is 9.15 Å². The Bertz CT molecular complexity index is 945. The van der Waals surface area contributed by atoms with Gasteiger partial charge in [-0.15, -0.1) is 0 Å². The van der Waals surface area contributed by atoms with E-state index >= 15 is 0 Å². The van der Waals surface area contributed by atoms with Crippen molar-refractivity contribution in [1.82, 2.24) is 5.43 Å². The molecule has 0 aliphatic heterocycles. The molecule has 1 heterocycles. The Morgan fingerprint density at radius 2 is 1.96 bits per heavy atom. The highest BCUT2D eigenvalue weighted by molar-refractivity contribution is 9.11. The molecule has 0 bridgehead atoms. The maximum absolute atomic E-state index is 11.8. The van der Waals surface area contributed by atoms with Crippen LogP contribution in [0.2, 0.25) is 0 Å². The monoisotopic (exact) mass is 508 g/mol. The molecule has 0 saturated carbocycles. The lowest BCUT2D eigenvalue weighted by atomic mass is 10.3. The molecule has 1 amide bonds. The third kappa shape index (κ3) is 6.27. The minimum Gasteiger partial charge on any atom is -0.483 e. The summed E-state index contributed by atoms with van der Waals surface area (Å²) in [5, 5.41) is 4.63. The van der Waals surface area contributed by atoms with Crippen molar-refractivity contribution in [3.63, 3.8) is 0 Å². The molecule has 2 aromatic carbocycles. The topological polar surface area (TPSA) is 63.8 Å². The van der Waals surface area contributed by atoms with E-state index in [0.29, 0.717) is 11.5 Å². The van der Waals surface area contributed by atoms with E-state index in [-0.39, 0.29) is 12.5 Å². The van der Waals surface area contributed by atoms with Crippen LogP contribution in [-0.2, 0) is 4.79 Å². The lowest BCUT2D eigenvalue weighted by molar-refractivity contribution is -0.123. The van der Waals surface area contributed by atoms with E-state index in [4.69, 9.17) is 9.15 Å². The largest absolute Gasteiger partial charge is 0.483 e. The van der Waals surface area contributed by atoms with Crippen molar-refractivity contribution in [3.8, 4) is 5.75 Å². The Balaban J connectivity index is 1.46. The summed E-state index contributed by atoms with van der Waals surface area (Å²) >= 11 is 8.25. The number of benzene rings is 2. The summed E-state index contributed by atoms with van der Waals surface area (Å²) in [5.41, 5.74) is 2.41. The van der Waals surface area contributed by atoms with Gasteiger partial charge in [-0.3, -0.25) is 4.79 Å². The highest BCUT2D eigenvalue weighted by Gasteiger charge is 2.06. The quantitative estimate of drug-likeness (QED) is 0.338. The molecule has 0 aliphatic rings. The first kappa shape index (κ1) is 19.7. The van der Waals surface area contributed by atoms with Gasteiger partial charge in [0, 0.05) is 9.37 Å². The molecule has 0 atom stereocenters. The van der Waals surface area contributed by atoms with E-state index in [9.17, 15) is 4.79 Å². The van der Waals surface area contributed by atoms with Crippen LogP contribution in [-0.4, -0.2) is 18.7 Å². The molecule has 0 spiro atoms. The molecular weight excluding hydrogens is 496 g/mol. The second-order valence-electron chi connectivity index (χ2n) is 5.23. The van der Waals surface area contributed by atoms with Gasteiger partial charge in [-0.2, -0.15) is 5.10 Å². The Morgan fingerprint density at radius 1 is 1.15 bits per heavy atom. The summed E-state index contributed by atoms with van der Waals surface area (Å²) in [7, 11) is 0. The number of hydrogen-bond donors (Lipinski definition) is 1. The van der Waals surface area contributed by atoms with Crippen LogP contribution in [0.4, 0.5) is 0 Å². The van der Waals surface area contributed by atoms with Gasteiger partial charge in [-0.05, 0) is 58.4 Å². The van der Waals surface area contributed by atoms with Crippen LogP contribution in [0.25, 0.3) is 0 Å². The Hall–Kier alpha value is -2.03. The highest BCUT2D eigenvalue weighted by atomic mass is 79.9. The number of rotatable bonds is 7. The predicted octanol–water partition coefficient (Wildman–Crippen LogP) is 5.48. The minimum atomic E-state index is -0.369. The SMILES string of the molecule is O=C(COc1ccc(Br)cc1Br)N/N=C/c1ccc(Sc2ccccc2)o1. The number of hydrazone groups is 1. The Kier molecular flexibility index (Phi) is 7.14. The lowest BCUT2D eigenvalue weighted by Gasteiger charge is -2.07. The van der Waals surface area contributed by atoms with Crippen molar-refractivity contribution in [2.24, 2.45) is 5.10 Å². The molecule has 0 radical (unpaired) electrons. The van der Waals surface area contributed by atoms with Crippen LogP contribution in [0, 0.1) is 0 Å². The number of halogens is 2. The summed E-state index contributed by atoms with van der Waals surface area (Å²) in [5.74, 6) is 0.753. The summed E-state index contributed by atoms with van der Waals surface area (Å²) in [6, 6.07) is 19.0. The molecule has 0 unspecified atom stereocenters. The minimum absolute atomic E-state index is 0.148. The fourth-order valence-electron chi connectivity index (χ4n) is 2.00. The molecule has 3 rings (SSSR count). The van der Waals surface area contributed by atoms with Crippen LogP contribution in [0.5, 0.6) is 5.75 Å². The highest BCUT2D eigenvalue weighted by Crippen LogP contribution is 2.29. The summed E-state index contributed by atoms with van der Waals surface area (Å²) < 4.78 is 12.8. The summed E-state index contributed by atoms with van der Waals surface area (Å²) in [6.45, 7) is -0.148. The fraction of sp³-hybridized carbons (Fsp3) is 0.0526. The zero-order valence-corrected chi connectivity index (χ0v) is 17.9. The number of nitrogens with one attached hydrogen (secondary N) is 1. The third-order valence-corrected chi connectivity index (χ3v) is 5.24. The van der Waals surface area contributed by atoms with Crippen molar-refractivity contribution in [2.75, 3.05) is 6.61 Å². The molecule has 0 aliphatic carbocycles. The van der Waals surface area contributed by atoms with E-state index in [1.165, 1.54) is 18.0 Å². The van der Waals surface area contributed by atoms with Crippen molar-refractivity contribution in [2.45, 2.75) is 9.99 Å². The smallest absolute Gasteiger partial charge is 0.277 e. The molecule has 138 valence electrons. The first-order valence-corrected chi connectivity index (χ1v) is 10.2. The number of amides is 1. The van der Waals surface area contributed by atoms with E-state index < -0.39 is 0 Å². The number of ether oxygens (including phenoxy) is 1. The van der Waals surface area contributed by atoms with Crippen molar-refractivity contribution in [1.29, 1.82) is 0 Å². The van der Waals surface area contributed by atoms with E-state index in [1.54, 1.807) is 12.1 Å². The van der Waals surface area contributed by atoms with Gasteiger partial charge in [0.15, 0.2) is 11.7 Å². The number of furan rings is 1. The molecule has 3 aromatic rings. The van der Waals surface area contributed by atoms with Gasteiger partial charge in [-0.25, -0.2) is 5.43 Å². The fourth-order valence-corrected chi connectivity index (χ4v) is 3.96. The van der Waals surface area contributed by atoms with Crippen molar-refractivity contribution < 1.29 is 13.9 Å². The molecule has 1 aromatic heterocycles. The van der Waals surface area contributed by atoms with Crippen LogP contribution < -0.4 is 10.2 Å². The first-order chi connectivity index (χ1) is 13.1. The molecular formula is C19H14Br2N2O3S. The number of carbonyl (C=O) groups is 1. The zero-order chi connectivity index (χ0) is 19.1. The molecule has 0 fully saturated rings. The number of carbonyl (C=O) groups excluding carboxylic acids is 1. The Labute approximate surface area is 177 Å². The average molecular weight is 510 g/mol. The summed E-state index contributed by atoms with van der Waals surface area (Å²) in [4.78, 5) is 12.9. The van der Waals surface area contributed by atoms with Crippen LogP contribution >= 0.6 is 43.6 Å². The first-order valence-electron chi connectivity index (χ1n) is 7.82. The maximum atomic E-state index is 11.8. The maximum Gasteiger partial charge on any atom is 0.277 e. The number of nitrogens with zero attached hydrogens (tertiary/aromatic N) is 1. The van der Waals surface area contributed by atoms with Gasteiger partial charge in [0.1, 0.15) is 11.5 Å².